The Kier molecular flexibility index (Phi) is 3.64. The number of nitrogens with two attached hydrogens (primary N) is 1. The van der Waals surface area contributed by atoms with Gasteiger partial charge in [-0.2, -0.15) is 0 Å². The van der Waals surface area contributed by atoms with Crippen LogP contribution in [-0.2, 0) is 19.4 Å². The first-order chi connectivity index (χ1) is 8.99. The summed E-state index contributed by atoms with van der Waals surface area (Å²) in [6, 6.07) is 8.11. The van der Waals surface area contributed by atoms with E-state index in [4.69, 9.17) is 10.5 Å². The Balaban J connectivity index is 2.28. The highest BCUT2D eigenvalue weighted by Gasteiger charge is 2.66. The summed E-state index contributed by atoms with van der Waals surface area (Å²) < 4.78 is 29.8. The third kappa shape index (κ3) is 2.26. The van der Waals surface area contributed by atoms with Crippen molar-refractivity contribution < 1.29 is 17.9 Å². The maximum atomic E-state index is 12.4. The fraction of sp³-hybridized carbons (Fsp3) is 0.462. The van der Waals surface area contributed by atoms with Crippen molar-refractivity contribution in [3.63, 3.8) is 0 Å². The van der Waals surface area contributed by atoms with Crippen molar-refractivity contribution >= 4 is 15.8 Å². The molecule has 2 N–H and O–H groups in total. The molecule has 104 valence electrons. The Morgan fingerprint density at radius 1 is 1.42 bits per heavy atom. The molecule has 2 atom stereocenters. The van der Waals surface area contributed by atoms with Gasteiger partial charge in [0, 0.05) is 6.54 Å². The summed E-state index contributed by atoms with van der Waals surface area (Å²) in [6.07, 6.45) is 0.236. The van der Waals surface area contributed by atoms with Crippen LogP contribution in [0.1, 0.15) is 13.3 Å². The van der Waals surface area contributed by atoms with Crippen LogP contribution in [0.15, 0.2) is 35.2 Å². The van der Waals surface area contributed by atoms with E-state index in [2.05, 4.69) is 0 Å². The standard InChI is InChI=1S/C13H17NO4S/c1-2-18-12(15)13(9-14)8-11(13)19(16,17)10-6-4-3-5-7-10/h3-7,11H,2,8-9,14H2,1H3/t11-,13+/m0/s1. The Labute approximate surface area is 112 Å². The van der Waals surface area contributed by atoms with Gasteiger partial charge in [0.1, 0.15) is 0 Å². The van der Waals surface area contributed by atoms with Gasteiger partial charge in [-0.1, -0.05) is 18.2 Å². The van der Waals surface area contributed by atoms with Crippen LogP contribution in [0.5, 0.6) is 0 Å². The highest BCUT2D eigenvalue weighted by Crippen LogP contribution is 2.52. The number of hydrogen-bond donors (Lipinski definition) is 1. The molecule has 0 unspecified atom stereocenters. The Bertz CT molecular complexity index is 570. The lowest BCUT2D eigenvalue weighted by Gasteiger charge is -2.13. The van der Waals surface area contributed by atoms with Crippen LogP contribution < -0.4 is 5.73 Å². The van der Waals surface area contributed by atoms with Crippen molar-refractivity contribution in [2.75, 3.05) is 13.2 Å². The van der Waals surface area contributed by atoms with Gasteiger partial charge < -0.3 is 10.5 Å². The van der Waals surface area contributed by atoms with E-state index in [1.807, 2.05) is 0 Å². The normalized spacial score (nSPS) is 25.9. The molecule has 1 aliphatic rings. The maximum Gasteiger partial charge on any atom is 0.314 e. The first-order valence-electron chi connectivity index (χ1n) is 6.15. The van der Waals surface area contributed by atoms with Crippen molar-refractivity contribution in [3.8, 4) is 0 Å². The molecule has 0 saturated heterocycles. The van der Waals surface area contributed by atoms with E-state index >= 15 is 0 Å². The third-order valence-electron chi connectivity index (χ3n) is 3.50. The van der Waals surface area contributed by atoms with E-state index in [1.54, 1.807) is 25.1 Å². The maximum absolute atomic E-state index is 12.4. The molecule has 5 nitrogen and oxygen atoms in total. The van der Waals surface area contributed by atoms with Gasteiger partial charge in [0.15, 0.2) is 9.84 Å². The monoisotopic (exact) mass is 283 g/mol. The summed E-state index contributed by atoms with van der Waals surface area (Å²) in [5.74, 6) is -0.512. The molecule has 1 saturated carbocycles. The van der Waals surface area contributed by atoms with Crippen LogP contribution in [0.25, 0.3) is 0 Å². The fourth-order valence-electron chi connectivity index (χ4n) is 2.24. The van der Waals surface area contributed by atoms with E-state index in [1.165, 1.54) is 12.1 Å². The summed E-state index contributed by atoms with van der Waals surface area (Å²) in [4.78, 5) is 12.1. The second-order valence-corrected chi connectivity index (χ2v) is 6.76. The molecule has 0 heterocycles. The summed E-state index contributed by atoms with van der Waals surface area (Å²) in [5.41, 5.74) is 4.54. The zero-order valence-corrected chi connectivity index (χ0v) is 11.5. The van der Waals surface area contributed by atoms with Gasteiger partial charge in [-0.3, -0.25) is 4.79 Å². The molecule has 1 aromatic rings. The molecule has 0 aromatic heterocycles. The van der Waals surface area contributed by atoms with E-state index in [9.17, 15) is 13.2 Å². The van der Waals surface area contributed by atoms with Crippen LogP contribution in [0.3, 0.4) is 0 Å². The number of sulfone groups is 1. The summed E-state index contributed by atoms with van der Waals surface area (Å²) in [6.45, 7) is 1.90. The smallest absolute Gasteiger partial charge is 0.314 e. The molecule has 2 rings (SSSR count). The van der Waals surface area contributed by atoms with Gasteiger partial charge in [0.2, 0.25) is 0 Å². The van der Waals surface area contributed by atoms with Crippen LogP contribution in [-0.4, -0.2) is 32.8 Å². The molecule has 0 radical (unpaired) electrons. The minimum atomic E-state index is -3.53. The number of benzene rings is 1. The van der Waals surface area contributed by atoms with E-state index < -0.39 is 26.5 Å². The molecule has 0 bridgehead atoms. The molecule has 1 aliphatic carbocycles. The van der Waals surface area contributed by atoms with Crippen LogP contribution in [0.2, 0.25) is 0 Å². The van der Waals surface area contributed by atoms with Gasteiger partial charge in [0.25, 0.3) is 0 Å². The molecule has 1 aromatic carbocycles. The van der Waals surface area contributed by atoms with Crippen molar-refractivity contribution in [1.29, 1.82) is 0 Å². The highest BCUT2D eigenvalue weighted by molar-refractivity contribution is 7.92. The average Bonchev–Trinajstić information content (AvgIpc) is 3.17. The number of hydrogen-bond acceptors (Lipinski definition) is 5. The van der Waals surface area contributed by atoms with E-state index in [0.717, 1.165) is 0 Å². The largest absolute Gasteiger partial charge is 0.465 e. The number of rotatable bonds is 5. The lowest BCUT2D eigenvalue weighted by atomic mass is 10.1. The average molecular weight is 283 g/mol. The Hall–Kier alpha value is -1.40. The van der Waals surface area contributed by atoms with Gasteiger partial charge in [-0.15, -0.1) is 0 Å². The number of carbonyl (C=O) groups excluding carboxylic acids is 1. The van der Waals surface area contributed by atoms with Gasteiger partial charge >= 0.3 is 5.97 Å². The zero-order chi connectivity index (χ0) is 14.1. The molecule has 19 heavy (non-hydrogen) atoms. The molecule has 1 fully saturated rings. The van der Waals surface area contributed by atoms with E-state index in [0.29, 0.717) is 0 Å². The zero-order valence-electron chi connectivity index (χ0n) is 10.7. The lowest BCUT2D eigenvalue weighted by Crippen LogP contribution is -2.33. The minimum Gasteiger partial charge on any atom is -0.465 e. The van der Waals surface area contributed by atoms with E-state index in [-0.39, 0.29) is 24.5 Å². The molecule has 6 heteroatoms. The van der Waals surface area contributed by atoms with Crippen molar-refractivity contribution in [3.05, 3.63) is 30.3 Å². The molecule has 0 amide bonds. The van der Waals surface area contributed by atoms with Crippen molar-refractivity contribution in [1.82, 2.24) is 0 Å². The second-order valence-electron chi connectivity index (χ2n) is 4.63. The van der Waals surface area contributed by atoms with Gasteiger partial charge in [0.05, 0.1) is 22.2 Å². The van der Waals surface area contributed by atoms with Crippen molar-refractivity contribution in [2.24, 2.45) is 11.1 Å². The number of carbonyl (C=O) groups is 1. The second kappa shape index (κ2) is 4.94. The number of esters is 1. The van der Waals surface area contributed by atoms with Gasteiger partial charge in [-0.05, 0) is 25.5 Å². The third-order valence-corrected chi connectivity index (χ3v) is 5.79. The Morgan fingerprint density at radius 3 is 2.58 bits per heavy atom. The quantitative estimate of drug-likeness (QED) is 0.805. The predicted octanol–water partition coefficient (Wildman–Crippen LogP) is 0.741. The van der Waals surface area contributed by atoms with Crippen molar-refractivity contribution in [2.45, 2.75) is 23.5 Å². The highest BCUT2D eigenvalue weighted by atomic mass is 32.2. The molecular weight excluding hydrogens is 266 g/mol. The Morgan fingerprint density at radius 2 is 2.05 bits per heavy atom. The van der Waals surface area contributed by atoms with Crippen LogP contribution in [0.4, 0.5) is 0 Å². The first kappa shape index (κ1) is 14.0. The lowest BCUT2D eigenvalue weighted by molar-refractivity contribution is -0.149. The minimum absolute atomic E-state index is 0.0113. The SMILES string of the molecule is CCOC(=O)[C@@]1(CN)C[C@@H]1S(=O)(=O)c1ccccc1. The summed E-state index contributed by atoms with van der Waals surface area (Å²) >= 11 is 0. The predicted molar refractivity (Wildman–Crippen MR) is 70.2 cm³/mol. The summed E-state index contributed by atoms with van der Waals surface area (Å²) in [7, 11) is -3.53. The topological polar surface area (TPSA) is 86.5 Å². The number of ether oxygens (including phenoxy) is 1. The molecule has 0 aliphatic heterocycles. The van der Waals surface area contributed by atoms with Crippen LogP contribution >= 0.6 is 0 Å². The molecular formula is C13H17NO4S. The van der Waals surface area contributed by atoms with Gasteiger partial charge in [-0.25, -0.2) is 8.42 Å². The molecule has 0 spiro atoms. The van der Waals surface area contributed by atoms with Crippen LogP contribution in [0, 0.1) is 5.41 Å². The first-order valence-corrected chi connectivity index (χ1v) is 7.70. The summed E-state index contributed by atoms with van der Waals surface area (Å²) in [5, 5.41) is -0.772. The fourth-order valence-corrected chi connectivity index (χ4v) is 4.41.